The van der Waals surface area contributed by atoms with Gasteiger partial charge in [0.15, 0.2) is 0 Å². The van der Waals surface area contributed by atoms with E-state index in [1.165, 1.54) is 6.07 Å². The Balaban J connectivity index is 2.06. The lowest BCUT2D eigenvalue weighted by Crippen LogP contribution is -2.44. The number of nitrogens with one attached hydrogen (secondary N) is 1. The van der Waals surface area contributed by atoms with Crippen LogP contribution in [-0.4, -0.2) is 19.3 Å². The fraction of sp³-hybridized carbons (Fsp3) is 0.538. The molecule has 0 aromatic heterocycles. The zero-order valence-corrected chi connectivity index (χ0v) is 11.7. The van der Waals surface area contributed by atoms with Crippen molar-refractivity contribution in [2.24, 2.45) is 11.8 Å². The molecule has 1 aliphatic rings. The van der Waals surface area contributed by atoms with E-state index in [-0.39, 0.29) is 11.9 Å². The summed E-state index contributed by atoms with van der Waals surface area (Å²) in [5.74, 6) is 5.91. The quantitative estimate of drug-likeness (QED) is 0.662. The molecule has 1 heterocycles. The summed E-state index contributed by atoms with van der Waals surface area (Å²) in [6.07, 6.45) is 2.73. The first kappa shape index (κ1) is 13.9. The Kier molecular flexibility index (Phi) is 5.12. The summed E-state index contributed by atoms with van der Waals surface area (Å²) >= 11 is 3.45. The van der Waals surface area contributed by atoms with Crippen molar-refractivity contribution in [3.63, 3.8) is 0 Å². The van der Waals surface area contributed by atoms with Gasteiger partial charge in [-0.25, -0.2) is 4.39 Å². The van der Waals surface area contributed by atoms with Gasteiger partial charge < -0.3 is 4.74 Å². The van der Waals surface area contributed by atoms with Crippen molar-refractivity contribution < 1.29 is 9.13 Å². The van der Waals surface area contributed by atoms with E-state index >= 15 is 0 Å². The summed E-state index contributed by atoms with van der Waals surface area (Å²) in [5, 5.41) is 0. The fourth-order valence-electron chi connectivity index (χ4n) is 2.42. The predicted octanol–water partition coefficient (Wildman–Crippen LogP) is 2.39. The van der Waals surface area contributed by atoms with Crippen LogP contribution in [-0.2, 0) is 11.2 Å². The van der Waals surface area contributed by atoms with Crippen molar-refractivity contribution in [1.29, 1.82) is 0 Å². The molecular weight excluding hydrogens is 299 g/mol. The molecular formula is C13H18BrFN2O. The van der Waals surface area contributed by atoms with Crippen LogP contribution >= 0.6 is 15.9 Å². The average molecular weight is 317 g/mol. The monoisotopic (exact) mass is 316 g/mol. The third-order valence-corrected chi connectivity index (χ3v) is 4.27. The minimum absolute atomic E-state index is 0.159. The molecule has 18 heavy (non-hydrogen) atoms. The van der Waals surface area contributed by atoms with Crippen LogP contribution in [0.5, 0.6) is 0 Å². The van der Waals surface area contributed by atoms with Gasteiger partial charge in [-0.05, 0) is 48.9 Å². The van der Waals surface area contributed by atoms with Gasteiger partial charge in [-0.15, -0.1) is 0 Å². The normalized spacial score (nSPS) is 18.8. The van der Waals surface area contributed by atoms with Crippen molar-refractivity contribution in [3.8, 4) is 0 Å². The molecule has 0 bridgehead atoms. The van der Waals surface area contributed by atoms with E-state index in [9.17, 15) is 4.39 Å². The van der Waals surface area contributed by atoms with Crippen LogP contribution in [0.3, 0.4) is 0 Å². The third kappa shape index (κ3) is 3.51. The molecule has 1 aromatic carbocycles. The van der Waals surface area contributed by atoms with E-state index in [0.717, 1.165) is 42.5 Å². The molecule has 5 heteroatoms. The van der Waals surface area contributed by atoms with E-state index < -0.39 is 0 Å². The molecule has 0 spiro atoms. The maximum atomic E-state index is 13.3. The lowest BCUT2D eigenvalue weighted by molar-refractivity contribution is 0.0537. The zero-order valence-electron chi connectivity index (χ0n) is 10.2. The summed E-state index contributed by atoms with van der Waals surface area (Å²) in [4.78, 5) is 0. The van der Waals surface area contributed by atoms with E-state index in [4.69, 9.17) is 10.6 Å². The first-order valence-corrected chi connectivity index (χ1v) is 6.98. The van der Waals surface area contributed by atoms with Crippen LogP contribution in [0.2, 0.25) is 0 Å². The van der Waals surface area contributed by atoms with Gasteiger partial charge in [-0.3, -0.25) is 11.3 Å². The van der Waals surface area contributed by atoms with Crippen LogP contribution < -0.4 is 11.3 Å². The Morgan fingerprint density at radius 2 is 2.17 bits per heavy atom. The molecule has 1 atom stereocenters. The zero-order chi connectivity index (χ0) is 13.0. The predicted molar refractivity (Wildman–Crippen MR) is 72.5 cm³/mol. The summed E-state index contributed by atoms with van der Waals surface area (Å²) in [6, 6.07) is 4.91. The van der Waals surface area contributed by atoms with E-state index in [0.29, 0.717) is 5.92 Å². The fourth-order valence-corrected chi connectivity index (χ4v) is 2.83. The first-order chi connectivity index (χ1) is 8.70. The lowest BCUT2D eigenvalue weighted by Gasteiger charge is -2.30. The lowest BCUT2D eigenvalue weighted by atomic mass is 9.88. The standard InChI is InChI=1S/C13H18BrFN2O/c14-12-2-1-11(15)7-10(12)8-13(17-16)9-3-5-18-6-4-9/h1-2,7,9,13,17H,3-6,8,16H2. The summed E-state index contributed by atoms with van der Waals surface area (Å²) < 4.78 is 19.5. The van der Waals surface area contributed by atoms with Crippen LogP contribution in [0, 0.1) is 11.7 Å². The van der Waals surface area contributed by atoms with Crippen molar-refractivity contribution in [1.82, 2.24) is 5.43 Å². The maximum Gasteiger partial charge on any atom is 0.123 e. The Bertz CT molecular complexity index is 397. The number of hydrazine groups is 1. The summed E-state index contributed by atoms with van der Waals surface area (Å²) in [5.41, 5.74) is 3.82. The molecule has 1 fully saturated rings. The van der Waals surface area contributed by atoms with Crippen LogP contribution in [0.15, 0.2) is 22.7 Å². The van der Waals surface area contributed by atoms with E-state index in [2.05, 4.69) is 21.4 Å². The van der Waals surface area contributed by atoms with Gasteiger partial charge in [0.05, 0.1) is 0 Å². The number of halogens is 2. The Morgan fingerprint density at radius 3 is 2.83 bits per heavy atom. The molecule has 0 radical (unpaired) electrons. The number of ether oxygens (including phenoxy) is 1. The van der Waals surface area contributed by atoms with Gasteiger partial charge in [-0.1, -0.05) is 15.9 Å². The highest BCUT2D eigenvalue weighted by atomic mass is 79.9. The van der Waals surface area contributed by atoms with Crippen molar-refractivity contribution in [3.05, 3.63) is 34.1 Å². The van der Waals surface area contributed by atoms with Crippen LogP contribution in [0.4, 0.5) is 4.39 Å². The van der Waals surface area contributed by atoms with Gasteiger partial charge in [0.1, 0.15) is 5.82 Å². The number of benzene rings is 1. The van der Waals surface area contributed by atoms with Gasteiger partial charge in [0.25, 0.3) is 0 Å². The largest absolute Gasteiger partial charge is 0.381 e. The molecule has 1 saturated heterocycles. The minimum atomic E-state index is -0.212. The summed E-state index contributed by atoms with van der Waals surface area (Å²) in [7, 11) is 0. The SMILES string of the molecule is NNC(Cc1cc(F)ccc1Br)C1CCOCC1. The first-order valence-electron chi connectivity index (χ1n) is 6.18. The van der Waals surface area contributed by atoms with Gasteiger partial charge in [-0.2, -0.15) is 0 Å². The van der Waals surface area contributed by atoms with Gasteiger partial charge in [0, 0.05) is 23.7 Å². The Morgan fingerprint density at radius 1 is 1.44 bits per heavy atom. The van der Waals surface area contributed by atoms with Crippen molar-refractivity contribution in [2.45, 2.75) is 25.3 Å². The molecule has 1 unspecified atom stereocenters. The molecule has 100 valence electrons. The van der Waals surface area contributed by atoms with Crippen molar-refractivity contribution in [2.75, 3.05) is 13.2 Å². The Hall–Kier alpha value is -0.490. The smallest absolute Gasteiger partial charge is 0.123 e. The molecule has 3 N–H and O–H groups in total. The summed E-state index contributed by atoms with van der Waals surface area (Å²) in [6.45, 7) is 1.57. The molecule has 0 amide bonds. The molecule has 1 aliphatic heterocycles. The molecule has 3 nitrogen and oxygen atoms in total. The number of hydrogen-bond acceptors (Lipinski definition) is 3. The Labute approximate surface area is 115 Å². The van der Waals surface area contributed by atoms with E-state index in [1.807, 2.05) is 0 Å². The second kappa shape index (κ2) is 6.61. The molecule has 0 saturated carbocycles. The van der Waals surface area contributed by atoms with E-state index in [1.54, 1.807) is 12.1 Å². The molecule has 1 aromatic rings. The van der Waals surface area contributed by atoms with Crippen LogP contribution in [0.1, 0.15) is 18.4 Å². The molecule has 0 aliphatic carbocycles. The second-order valence-electron chi connectivity index (χ2n) is 4.66. The third-order valence-electron chi connectivity index (χ3n) is 3.50. The highest BCUT2D eigenvalue weighted by Gasteiger charge is 2.24. The molecule has 2 rings (SSSR count). The van der Waals surface area contributed by atoms with Gasteiger partial charge >= 0.3 is 0 Å². The topological polar surface area (TPSA) is 47.3 Å². The number of nitrogens with two attached hydrogens (primary N) is 1. The number of rotatable bonds is 4. The minimum Gasteiger partial charge on any atom is -0.381 e. The second-order valence-corrected chi connectivity index (χ2v) is 5.52. The van der Waals surface area contributed by atoms with Gasteiger partial charge in [0.2, 0.25) is 0 Å². The van der Waals surface area contributed by atoms with Crippen LogP contribution in [0.25, 0.3) is 0 Å². The average Bonchev–Trinajstić information content (AvgIpc) is 2.41. The highest BCUT2D eigenvalue weighted by molar-refractivity contribution is 9.10. The maximum absolute atomic E-state index is 13.3. The number of hydrogen-bond donors (Lipinski definition) is 2. The highest BCUT2D eigenvalue weighted by Crippen LogP contribution is 2.25. The van der Waals surface area contributed by atoms with Crippen molar-refractivity contribution >= 4 is 15.9 Å².